The maximum absolute atomic E-state index is 13.7. The van der Waals surface area contributed by atoms with Gasteiger partial charge >= 0.3 is 0 Å². The Morgan fingerprint density at radius 3 is 2.37 bits per heavy atom. The van der Waals surface area contributed by atoms with Crippen molar-refractivity contribution in [1.29, 1.82) is 0 Å². The van der Waals surface area contributed by atoms with Crippen LogP contribution in [0.1, 0.15) is 17.2 Å². The normalized spacial score (nSPS) is 12.4. The number of rotatable bonds is 5. The lowest BCUT2D eigenvalue weighted by Crippen LogP contribution is -2.19. The van der Waals surface area contributed by atoms with Gasteiger partial charge in [-0.25, -0.2) is 4.39 Å². The van der Waals surface area contributed by atoms with Crippen molar-refractivity contribution in [3.8, 4) is 0 Å². The Hall–Kier alpha value is -1.32. The summed E-state index contributed by atoms with van der Waals surface area (Å²) in [5, 5.41) is 3.26. The third kappa shape index (κ3) is 3.58. The average molecular weight is 275 g/mol. The van der Waals surface area contributed by atoms with Crippen LogP contribution in [0.25, 0.3) is 0 Å². The third-order valence-electron chi connectivity index (χ3n) is 3.25. The van der Waals surface area contributed by atoms with Crippen molar-refractivity contribution in [1.82, 2.24) is 5.32 Å². The van der Waals surface area contributed by atoms with E-state index in [1.165, 1.54) is 16.5 Å². The summed E-state index contributed by atoms with van der Waals surface area (Å²) in [5.74, 6) is -0.136. The number of halogens is 1. The van der Waals surface area contributed by atoms with Crippen molar-refractivity contribution in [2.24, 2.45) is 0 Å². The zero-order valence-corrected chi connectivity index (χ0v) is 12.0. The standard InChI is InChI=1S/C16H18FNS/c1-18-16(11-13-5-3-4-6-15(13)17)12-7-9-14(19-2)10-8-12/h3-10,16,18H,11H2,1-2H3. The lowest BCUT2D eigenvalue weighted by Gasteiger charge is -2.17. The molecule has 0 aromatic heterocycles. The van der Waals surface area contributed by atoms with E-state index in [1.807, 2.05) is 19.2 Å². The lowest BCUT2D eigenvalue weighted by molar-refractivity contribution is 0.554. The Bertz CT molecular complexity index is 525. The highest BCUT2D eigenvalue weighted by Crippen LogP contribution is 2.22. The first-order valence-electron chi connectivity index (χ1n) is 6.29. The van der Waals surface area contributed by atoms with Crippen molar-refractivity contribution < 1.29 is 4.39 Å². The molecule has 3 heteroatoms. The van der Waals surface area contributed by atoms with Crippen LogP contribution in [-0.4, -0.2) is 13.3 Å². The van der Waals surface area contributed by atoms with Gasteiger partial charge in [-0.15, -0.1) is 11.8 Å². The predicted molar refractivity (Wildman–Crippen MR) is 80.1 cm³/mol. The lowest BCUT2D eigenvalue weighted by atomic mass is 9.99. The van der Waals surface area contributed by atoms with E-state index in [1.54, 1.807) is 17.8 Å². The molecule has 0 aliphatic rings. The highest BCUT2D eigenvalue weighted by molar-refractivity contribution is 7.98. The van der Waals surface area contributed by atoms with Gasteiger partial charge in [0, 0.05) is 10.9 Å². The quantitative estimate of drug-likeness (QED) is 0.826. The minimum absolute atomic E-state index is 0.132. The molecule has 0 aliphatic heterocycles. The third-order valence-corrected chi connectivity index (χ3v) is 3.99. The van der Waals surface area contributed by atoms with Gasteiger partial charge in [-0.3, -0.25) is 0 Å². The van der Waals surface area contributed by atoms with Gasteiger partial charge in [-0.2, -0.15) is 0 Å². The molecular formula is C16H18FNS. The molecule has 0 radical (unpaired) electrons. The number of hydrogen-bond acceptors (Lipinski definition) is 2. The van der Waals surface area contributed by atoms with E-state index in [-0.39, 0.29) is 11.9 Å². The van der Waals surface area contributed by atoms with Gasteiger partial charge in [0.25, 0.3) is 0 Å². The first-order valence-corrected chi connectivity index (χ1v) is 7.51. The molecule has 0 saturated heterocycles. The van der Waals surface area contributed by atoms with Gasteiger partial charge in [0.05, 0.1) is 0 Å². The summed E-state index contributed by atoms with van der Waals surface area (Å²) in [6.07, 6.45) is 2.71. The van der Waals surface area contributed by atoms with Crippen molar-refractivity contribution in [2.45, 2.75) is 17.4 Å². The van der Waals surface area contributed by atoms with E-state index in [4.69, 9.17) is 0 Å². The largest absolute Gasteiger partial charge is 0.313 e. The summed E-state index contributed by atoms with van der Waals surface area (Å²) in [6, 6.07) is 15.5. The van der Waals surface area contributed by atoms with Crippen LogP contribution in [0.15, 0.2) is 53.4 Å². The van der Waals surface area contributed by atoms with Crippen LogP contribution in [0.2, 0.25) is 0 Å². The van der Waals surface area contributed by atoms with E-state index in [0.29, 0.717) is 6.42 Å². The molecule has 0 amide bonds. The minimum Gasteiger partial charge on any atom is -0.313 e. The Morgan fingerprint density at radius 1 is 1.11 bits per heavy atom. The predicted octanol–water partition coefficient (Wildman–Crippen LogP) is 4.05. The second-order valence-corrected chi connectivity index (χ2v) is 5.29. The second kappa shape index (κ2) is 6.73. The number of benzene rings is 2. The molecule has 0 saturated carbocycles. The number of hydrogen-bond donors (Lipinski definition) is 1. The van der Waals surface area contributed by atoms with Crippen molar-refractivity contribution in [3.63, 3.8) is 0 Å². The molecule has 0 heterocycles. The molecule has 19 heavy (non-hydrogen) atoms. The maximum atomic E-state index is 13.7. The Kier molecular flexibility index (Phi) is 5.00. The van der Waals surface area contributed by atoms with E-state index in [9.17, 15) is 4.39 Å². The molecule has 2 aromatic rings. The molecule has 100 valence electrons. The van der Waals surface area contributed by atoms with Gasteiger partial charge in [0.2, 0.25) is 0 Å². The number of thioether (sulfide) groups is 1. The molecule has 2 aromatic carbocycles. The van der Waals surface area contributed by atoms with Crippen LogP contribution >= 0.6 is 11.8 Å². The molecule has 1 atom stereocenters. The number of likely N-dealkylation sites (N-methyl/N-ethyl adjacent to an activating group) is 1. The first kappa shape index (κ1) is 14.1. The fourth-order valence-electron chi connectivity index (χ4n) is 2.11. The molecular weight excluding hydrogens is 257 g/mol. The topological polar surface area (TPSA) is 12.0 Å². The summed E-state index contributed by atoms with van der Waals surface area (Å²) in [6.45, 7) is 0. The van der Waals surface area contributed by atoms with Crippen molar-refractivity contribution in [3.05, 3.63) is 65.5 Å². The fourth-order valence-corrected chi connectivity index (χ4v) is 2.51. The van der Waals surface area contributed by atoms with E-state index >= 15 is 0 Å². The Balaban J connectivity index is 2.17. The molecule has 1 unspecified atom stereocenters. The smallest absolute Gasteiger partial charge is 0.126 e. The molecule has 1 N–H and O–H groups in total. The monoisotopic (exact) mass is 275 g/mol. The highest BCUT2D eigenvalue weighted by Gasteiger charge is 2.12. The summed E-state index contributed by atoms with van der Waals surface area (Å²) in [7, 11) is 1.91. The molecule has 0 bridgehead atoms. The SMILES string of the molecule is CNC(Cc1ccccc1F)c1ccc(SC)cc1. The van der Waals surface area contributed by atoms with Crippen LogP contribution in [0.4, 0.5) is 4.39 Å². The molecule has 0 fully saturated rings. The zero-order valence-electron chi connectivity index (χ0n) is 11.2. The summed E-state index contributed by atoms with van der Waals surface area (Å²) >= 11 is 1.72. The average Bonchev–Trinajstić information content (AvgIpc) is 2.47. The number of nitrogens with one attached hydrogen (secondary N) is 1. The van der Waals surface area contributed by atoms with Gasteiger partial charge in [-0.1, -0.05) is 30.3 Å². The van der Waals surface area contributed by atoms with E-state index < -0.39 is 0 Å². The van der Waals surface area contributed by atoms with Crippen LogP contribution in [0, 0.1) is 5.82 Å². The van der Waals surface area contributed by atoms with Gasteiger partial charge < -0.3 is 5.32 Å². The maximum Gasteiger partial charge on any atom is 0.126 e. The van der Waals surface area contributed by atoms with E-state index in [2.05, 4.69) is 35.8 Å². The van der Waals surface area contributed by atoms with Gasteiger partial charge in [0.1, 0.15) is 5.82 Å². The van der Waals surface area contributed by atoms with Gasteiger partial charge in [-0.05, 0) is 49.1 Å². The van der Waals surface area contributed by atoms with Crippen LogP contribution < -0.4 is 5.32 Å². The van der Waals surface area contributed by atoms with Crippen LogP contribution in [0.5, 0.6) is 0 Å². The van der Waals surface area contributed by atoms with Crippen molar-refractivity contribution in [2.75, 3.05) is 13.3 Å². The molecule has 2 rings (SSSR count). The molecule has 0 spiro atoms. The molecule has 0 aliphatic carbocycles. The van der Waals surface area contributed by atoms with E-state index in [0.717, 1.165) is 5.56 Å². The van der Waals surface area contributed by atoms with Crippen LogP contribution in [-0.2, 0) is 6.42 Å². The minimum atomic E-state index is -0.136. The van der Waals surface area contributed by atoms with Crippen LogP contribution in [0.3, 0.4) is 0 Å². The summed E-state index contributed by atoms with van der Waals surface area (Å²) in [5.41, 5.74) is 1.93. The Morgan fingerprint density at radius 2 is 1.79 bits per heavy atom. The van der Waals surface area contributed by atoms with Crippen molar-refractivity contribution >= 4 is 11.8 Å². The zero-order chi connectivity index (χ0) is 13.7. The fraction of sp³-hybridized carbons (Fsp3) is 0.250. The first-order chi connectivity index (χ1) is 9.24. The summed E-state index contributed by atoms with van der Waals surface area (Å²) in [4.78, 5) is 1.24. The second-order valence-electron chi connectivity index (χ2n) is 4.41. The van der Waals surface area contributed by atoms with Gasteiger partial charge in [0.15, 0.2) is 0 Å². The summed E-state index contributed by atoms with van der Waals surface area (Å²) < 4.78 is 13.7. The Labute approximate surface area is 118 Å². The molecule has 1 nitrogen and oxygen atoms in total. The highest BCUT2D eigenvalue weighted by atomic mass is 32.2.